The van der Waals surface area contributed by atoms with Gasteiger partial charge in [0.15, 0.2) is 23.3 Å². The summed E-state index contributed by atoms with van der Waals surface area (Å²) in [5.74, 6) is -3.05. The lowest BCUT2D eigenvalue weighted by Crippen LogP contribution is -2.20. The highest BCUT2D eigenvalue weighted by molar-refractivity contribution is 5.65. The van der Waals surface area contributed by atoms with Crippen LogP contribution in [0.1, 0.15) is 55.4 Å². The summed E-state index contributed by atoms with van der Waals surface area (Å²) < 4.78 is 62.1. The van der Waals surface area contributed by atoms with E-state index in [0.717, 1.165) is 37.1 Å². The van der Waals surface area contributed by atoms with Gasteiger partial charge in [0.05, 0.1) is 12.7 Å². The van der Waals surface area contributed by atoms with Crippen LogP contribution < -0.4 is 0 Å². The first-order chi connectivity index (χ1) is 16.0. The van der Waals surface area contributed by atoms with Crippen molar-refractivity contribution in [3.63, 3.8) is 0 Å². The van der Waals surface area contributed by atoms with Crippen molar-refractivity contribution >= 4 is 0 Å². The number of benzene rings is 3. The Kier molecular flexibility index (Phi) is 7.49. The van der Waals surface area contributed by atoms with E-state index < -0.39 is 23.3 Å². The van der Waals surface area contributed by atoms with Crippen LogP contribution in [-0.4, -0.2) is 6.61 Å². The van der Waals surface area contributed by atoms with E-state index >= 15 is 0 Å². The zero-order chi connectivity index (χ0) is 23.4. The molecule has 0 N–H and O–H groups in total. The van der Waals surface area contributed by atoms with Crippen LogP contribution in [0.2, 0.25) is 0 Å². The van der Waals surface area contributed by atoms with Crippen LogP contribution in [0.25, 0.3) is 11.1 Å². The summed E-state index contributed by atoms with van der Waals surface area (Å²) in [6.07, 6.45) is 4.98. The van der Waals surface area contributed by atoms with Gasteiger partial charge in [-0.15, -0.1) is 0 Å². The molecule has 2 atom stereocenters. The maximum Gasteiger partial charge on any atom is 0.166 e. The zero-order valence-corrected chi connectivity index (χ0v) is 18.7. The average molecular weight is 457 g/mol. The number of aryl methyl sites for hydroxylation is 2. The smallest absolute Gasteiger partial charge is 0.166 e. The lowest BCUT2D eigenvalue weighted by molar-refractivity contribution is -0.0194. The van der Waals surface area contributed by atoms with Gasteiger partial charge in [0.2, 0.25) is 0 Å². The van der Waals surface area contributed by atoms with Gasteiger partial charge in [-0.1, -0.05) is 55.8 Å². The van der Waals surface area contributed by atoms with Crippen molar-refractivity contribution in [3.8, 4) is 11.1 Å². The van der Waals surface area contributed by atoms with Crippen LogP contribution in [0.15, 0.2) is 54.6 Å². The van der Waals surface area contributed by atoms with Crippen LogP contribution in [0.4, 0.5) is 17.6 Å². The SMILES string of the molecule is CCCC1CCC(c2ccc(-c3ccc(CCc4ccc(F)c(F)c4)c(F)c3F)cc2)OC1. The van der Waals surface area contributed by atoms with Crippen molar-refractivity contribution in [2.24, 2.45) is 5.92 Å². The van der Waals surface area contributed by atoms with Gasteiger partial charge in [-0.3, -0.25) is 0 Å². The van der Waals surface area contributed by atoms with E-state index in [2.05, 4.69) is 6.92 Å². The Labute approximate surface area is 192 Å². The molecule has 2 unspecified atom stereocenters. The highest BCUT2D eigenvalue weighted by atomic mass is 19.2. The lowest BCUT2D eigenvalue weighted by Gasteiger charge is -2.29. The first-order valence-corrected chi connectivity index (χ1v) is 11.6. The van der Waals surface area contributed by atoms with Gasteiger partial charge >= 0.3 is 0 Å². The molecule has 0 spiro atoms. The minimum absolute atomic E-state index is 0.0485. The molecule has 1 aliphatic heterocycles. The Hall–Kier alpha value is -2.66. The molecule has 174 valence electrons. The highest BCUT2D eigenvalue weighted by Crippen LogP contribution is 2.34. The fourth-order valence-electron chi connectivity index (χ4n) is 4.56. The molecule has 0 aliphatic carbocycles. The second kappa shape index (κ2) is 10.5. The van der Waals surface area contributed by atoms with Crippen molar-refractivity contribution in [3.05, 3.63) is 94.6 Å². The predicted molar refractivity (Wildman–Crippen MR) is 122 cm³/mol. The molecule has 3 aromatic carbocycles. The quantitative estimate of drug-likeness (QED) is 0.328. The summed E-state index contributed by atoms with van der Waals surface area (Å²) in [5, 5.41) is 0. The first-order valence-electron chi connectivity index (χ1n) is 11.6. The van der Waals surface area contributed by atoms with Crippen LogP contribution in [-0.2, 0) is 17.6 Å². The summed E-state index contributed by atoms with van der Waals surface area (Å²) in [5.41, 5.74) is 2.58. The molecule has 0 radical (unpaired) electrons. The minimum atomic E-state index is -0.947. The van der Waals surface area contributed by atoms with E-state index in [1.54, 1.807) is 24.3 Å². The molecule has 3 aromatic rings. The summed E-state index contributed by atoms with van der Waals surface area (Å²) >= 11 is 0. The van der Waals surface area contributed by atoms with Gasteiger partial charge < -0.3 is 4.74 Å². The molecule has 1 saturated heterocycles. The Balaban J connectivity index is 1.44. The molecule has 0 amide bonds. The van der Waals surface area contributed by atoms with Crippen LogP contribution in [0, 0.1) is 29.2 Å². The summed E-state index contributed by atoms with van der Waals surface area (Å²) in [6, 6.07) is 14.1. The van der Waals surface area contributed by atoms with Crippen LogP contribution in [0.3, 0.4) is 0 Å². The van der Waals surface area contributed by atoms with Gasteiger partial charge in [0.25, 0.3) is 0 Å². The number of ether oxygens (including phenoxy) is 1. The monoisotopic (exact) mass is 456 g/mol. The molecular weight excluding hydrogens is 428 g/mol. The van der Waals surface area contributed by atoms with Gasteiger partial charge in [-0.25, -0.2) is 17.6 Å². The third-order valence-corrected chi connectivity index (χ3v) is 6.49. The molecular formula is C28H28F4O. The molecule has 0 saturated carbocycles. The lowest BCUT2D eigenvalue weighted by atomic mass is 9.91. The third kappa shape index (κ3) is 5.47. The largest absolute Gasteiger partial charge is 0.373 e. The first kappa shape index (κ1) is 23.5. The Morgan fingerprint density at radius 2 is 1.61 bits per heavy atom. The van der Waals surface area contributed by atoms with E-state index in [1.165, 1.54) is 18.9 Å². The predicted octanol–water partition coefficient (Wildman–Crippen LogP) is 7.96. The minimum Gasteiger partial charge on any atom is -0.373 e. The molecule has 4 rings (SSSR count). The van der Waals surface area contributed by atoms with E-state index in [1.807, 2.05) is 12.1 Å². The molecule has 1 fully saturated rings. The van der Waals surface area contributed by atoms with Crippen molar-refractivity contribution in [2.75, 3.05) is 6.61 Å². The van der Waals surface area contributed by atoms with Gasteiger partial charge in [0, 0.05) is 5.56 Å². The maximum atomic E-state index is 14.9. The number of rotatable bonds is 7. The molecule has 1 aliphatic rings. The van der Waals surface area contributed by atoms with Crippen LogP contribution in [0.5, 0.6) is 0 Å². The molecule has 0 bridgehead atoms. The third-order valence-electron chi connectivity index (χ3n) is 6.49. The van der Waals surface area contributed by atoms with E-state index in [4.69, 9.17) is 4.74 Å². The van der Waals surface area contributed by atoms with Crippen molar-refractivity contribution in [2.45, 2.75) is 51.6 Å². The highest BCUT2D eigenvalue weighted by Gasteiger charge is 2.23. The molecule has 5 heteroatoms. The zero-order valence-electron chi connectivity index (χ0n) is 18.7. The van der Waals surface area contributed by atoms with Gasteiger partial charge in [-0.05, 0) is 72.4 Å². The molecule has 0 aromatic heterocycles. The van der Waals surface area contributed by atoms with Gasteiger partial charge in [-0.2, -0.15) is 0 Å². The van der Waals surface area contributed by atoms with Crippen molar-refractivity contribution < 1.29 is 22.3 Å². The Morgan fingerprint density at radius 3 is 2.27 bits per heavy atom. The average Bonchev–Trinajstić information content (AvgIpc) is 2.83. The molecule has 1 nitrogen and oxygen atoms in total. The van der Waals surface area contributed by atoms with Crippen molar-refractivity contribution in [1.82, 2.24) is 0 Å². The second-order valence-corrected chi connectivity index (χ2v) is 8.82. The Bertz CT molecular complexity index is 1090. The van der Waals surface area contributed by atoms with E-state index in [0.29, 0.717) is 17.0 Å². The fraction of sp³-hybridized carbons (Fsp3) is 0.357. The second-order valence-electron chi connectivity index (χ2n) is 8.82. The number of hydrogen-bond acceptors (Lipinski definition) is 1. The fourth-order valence-corrected chi connectivity index (χ4v) is 4.56. The summed E-state index contributed by atoms with van der Waals surface area (Å²) in [4.78, 5) is 0. The van der Waals surface area contributed by atoms with E-state index in [-0.39, 0.29) is 30.1 Å². The Morgan fingerprint density at radius 1 is 0.818 bits per heavy atom. The normalized spacial score (nSPS) is 18.5. The molecule has 33 heavy (non-hydrogen) atoms. The number of halogens is 4. The van der Waals surface area contributed by atoms with Crippen molar-refractivity contribution in [1.29, 1.82) is 0 Å². The summed E-state index contributed by atoms with van der Waals surface area (Å²) in [7, 11) is 0. The topological polar surface area (TPSA) is 9.23 Å². The standard InChI is InChI=1S/C28H28F4O/c1-2-3-19-6-15-26(33-17-19)21-10-8-20(9-11-21)23-13-12-22(27(31)28(23)32)7-4-18-5-14-24(29)25(30)16-18/h5,8-14,16,19,26H,2-4,6-7,15,17H2,1H3. The molecule has 1 heterocycles. The van der Waals surface area contributed by atoms with E-state index in [9.17, 15) is 17.6 Å². The number of hydrogen-bond donors (Lipinski definition) is 0. The summed E-state index contributed by atoms with van der Waals surface area (Å²) in [6.45, 7) is 2.96. The van der Waals surface area contributed by atoms with Crippen LogP contribution >= 0.6 is 0 Å². The van der Waals surface area contributed by atoms with Gasteiger partial charge in [0.1, 0.15) is 0 Å². The maximum absolute atomic E-state index is 14.9.